The van der Waals surface area contributed by atoms with Gasteiger partial charge in [-0.1, -0.05) is 33.8 Å². The molecule has 1 aromatic heterocycles. The Kier molecular flexibility index (Phi) is 10.7. The highest BCUT2D eigenvalue weighted by Crippen LogP contribution is 2.33. The fourth-order valence-corrected chi connectivity index (χ4v) is 2.64. The summed E-state index contributed by atoms with van der Waals surface area (Å²) >= 11 is 0. The number of rotatable bonds is 5. The largest absolute Gasteiger partial charge is 0.494 e. The van der Waals surface area contributed by atoms with Crippen molar-refractivity contribution in [2.75, 3.05) is 17.7 Å². The lowest BCUT2D eigenvalue weighted by Gasteiger charge is -2.13. The number of aromatic nitrogens is 2. The zero-order valence-corrected chi connectivity index (χ0v) is 19.2. The van der Waals surface area contributed by atoms with E-state index >= 15 is 0 Å². The Balaban J connectivity index is 0.00000113. The number of fused-ring (bicyclic) bond motifs is 1. The van der Waals surface area contributed by atoms with Crippen LogP contribution in [-0.4, -0.2) is 23.0 Å². The van der Waals surface area contributed by atoms with Gasteiger partial charge in [-0.05, 0) is 49.8 Å². The number of ether oxygens (including phenoxy) is 1. The molecule has 2 aromatic carbocycles. The average molecular weight is 427 g/mol. The van der Waals surface area contributed by atoms with Crippen LogP contribution < -0.4 is 15.4 Å². The molecule has 7 heteroatoms. The van der Waals surface area contributed by atoms with Crippen molar-refractivity contribution in [2.45, 2.75) is 41.5 Å². The van der Waals surface area contributed by atoms with Crippen LogP contribution in [0, 0.1) is 12.7 Å². The van der Waals surface area contributed by atoms with E-state index in [1.165, 1.54) is 25.6 Å². The van der Waals surface area contributed by atoms with Gasteiger partial charge in [0.2, 0.25) is 5.91 Å². The van der Waals surface area contributed by atoms with Crippen LogP contribution in [0.4, 0.5) is 21.6 Å². The minimum absolute atomic E-state index is 0.268. The minimum atomic E-state index is -0.271. The maximum absolute atomic E-state index is 13.5. The van der Waals surface area contributed by atoms with E-state index in [9.17, 15) is 9.18 Å². The number of halogens is 1. The first-order valence-corrected chi connectivity index (χ1v) is 10.3. The first-order valence-electron chi connectivity index (χ1n) is 10.3. The fourth-order valence-electron chi connectivity index (χ4n) is 2.64. The summed E-state index contributed by atoms with van der Waals surface area (Å²) in [4.78, 5) is 20.5. The summed E-state index contributed by atoms with van der Waals surface area (Å²) in [6.45, 7) is 11.5. The Morgan fingerprint density at radius 1 is 1.10 bits per heavy atom. The van der Waals surface area contributed by atoms with Crippen molar-refractivity contribution in [3.63, 3.8) is 0 Å². The third kappa shape index (κ3) is 6.77. The number of benzene rings is 2. The molecule has 166 valence electrons. The molecule has 0 radical (unpaired) electrons. The standard InChI is InChI=1S/C20H19FN4O2.2C2H6/c1-4-5-19(26)25-17-9-14-16(10-18(17)27-3)22-11-23-20(14)24-13-6-7-15(21)12(2)8-13;2*1-2/h4-11H,1-3H3,(H,25,26)(H,22,23,24);2*1-2H3/b5-4+;;. The minimum Gasteiger partial charge on any atom is -0.494 e. The van der Waals surface area contributed by atoms with Gasteiger partial charge in [-0.15, -0.1) is 0 Å². The van der Waals surface area contributed by atoms with E-state index in [1.807, 2.05) is 27.7 Å². The number of carbonyl (C=O) groups is 1. The molecule has 0 aliphatic carbocycles. The highest BCUT2D eigenvalue weighted by Gasteiger charge is 2.12. The Hall–Kier alpha value is -3.48. The summed E-state index contributed by atoms with van der Waals surface area (Å²) in [7, 11) is 1.52. The van der Waals surface area contributed by atoms with Crippen LogP contribution in [0.25, 0.3) is 10.9 Å². The zero-order chi connectivity index (χ0) is 23.4. The van der Waals surface area contributed by atoms with E-state index in [0.29, 0.717) is 39.4 Å². The molecule has 0 unspecified atom stereocenters. The summed E-state index contributed by atoms with van der Waals surface area (Å²) in [6.07, 6.45) is 4.50. The molecule has 1 heterocycles. The molecule has 3 rings (SSSR count). The molecule has 0 aliphatic rings. The van der Waals surface area contributed by atoms with Gasteiger partial charge < -0.3 is 15.4 Å². The van der Waals surface area contributed by atoms with E-state index in [2.05, 4.69) is 20.6 Å². The summed E-state index contributed by atoms with van der Waals surface area (Å²) < 4.78 is 18.9. The Labute approximate surface area is 183 Å². The molecule has 31 heavy (non-hydrogen) atoms. The van der Waals surface area contributed by atoms with Crippen LogP contribution in [0.5, 0.6) is 5.75 Å². The quantitative estimate of drug-likeness (QED) is 0.462. The number of anilines is 3. The summed E-state index contributed by atoms with van der Waals surface area (Å²) in [5.74, 6) is 0.486. The molecule has 0 atom stereocenters. The van der Waals surface area contributed by atoms with Crippen molar-refractivity contribution in [1.29, 1.82) is 0 Å². The normalized spacial score (nSPS) is 9.94. The molecule has 3 aromatic rings. The fraction of sp³-hybridized carbons (Fsp3) is 0.292. The van der Waals surface area contributed by atoms with Crippen molar-refractivity contribution < 1.29 is 13.9 Å². The number of methoxy groups -OCH3 is 1. The van der Waals surface area contributed by atoms with Gasteiger partial charge in [-0.2, -0.15) is 0 Å². The topological polar surface area (TPSA) is 76.1 Å². The van der Waals surface area contributed by atoms with Gasteiger partial charge in [0.05, 0.1) is 18.3 Å². The summed E-state index contributed by atoms with van der Waals surface area (Å²) in [5, 5.41) is 6.64. The average Bonchev–Trinajstić information content (AvgIpc) is 2.79. The summed E-state index contributed by atoms with van der Waals surface area (Å²) in [6, 6.07) is 8.19. The third-order valence-corrected chi connectivity index (χ3v) is 3.95. The number of hydrogen-bond donors (Lipinski definition) is 2. The lowest BCUT2D eigenvalue weighted by molar-refractivity contribution is -0.111. The molecule has 0 aliphatic heterocycles. The van der Waals surface area contributed by atoms with Crippen LogP contribution in [0.15, 0.2) is 48.8 Å². The van der Waals surface area contributed by atoms with Gasteiger partial charge in [0.25, 0.3) is 0 Å². The van der Waals surface area contributed by atoms with Gasteiger partial charge in [-0.25, -0.2) is 14.4 Å². The zero-order valence-electron chi connectivity index (χ0n) is 19.2. The molecular weight excluding hydrogens is 395 g/mol. The second kappa shape index (κ2) is 13.0. The number of allylic oxidation sites excluding steroid dienone is 1. The van der Waals surface area contributed by atoms with Crippen molar-refractivity contribution in [2.24, 2.45) is 0 Å². The van der Waals surface area contributed by atoms with Crippen molar-refractivity contribution in [3.8, 4) is 5.75 Å². The predicted octanol–water partition coefficient (Wildman–Crippen LogP) is 6.40. The molecule has 0 saturated heterocycles. The van der Waals surface area contributed by atoms with Gasteiger partial charge in [0.15, 0.2) is 0 Å². The van der Waals surface area contributed by atoms with Crippen LogP contribution in [0.3, 0.4) is 0 Å². The van der Waals surface area contributed by atoms with Gasteiger partial charge in [-0.3, -0.25) is 4.79 Å². The molecule has 0 bridgehead atoms. The van der Waals surface area contributed by atoms with E-state index < -0.39 is 0 Å². The smallest absolute Gasteiger partial charge is 0.248 e. The molecule has 6 nitrogen and oxygen atoms in total. The molecule has 0 fully saturated rings. The van der Waals surface area contributed by atoms with Crippen LogP contribution >= 0.6 is 0 Å². The molecule has 1 amide bonds. The van der Waals surface area contributed by atoms with Crippen LogP contribution in [0.2, 0.25) is 0 Å². The lowest BCUT2D eigenvalue weighted by atomic mass is 10.1. The number of nitrogens with zero attached hydrogens (tertiary/aromatic N) is 2. The highest BCUT2D eigenvalue weighted by molar-refractivity contribution is 6.03. The second-order valence-electron chi connectivity index (χ2n) is 5.87. The Bertz CT molecular complexity index is 1040. The van der Waals surface area contributed by atoms with Gasteiger partial charge >= 0.3 is 0 Å². The predicted molar refractivity (Wildman–Crippen MR) is 127 cm³/mol. The molecular formula is C24H31FN4O2. The molecule has 0 saturated carbocycles. The second-order valence-corrected chi connectivity index (χ2v) is 5.87. The van der Waals surface area contributed by atoms with E-state index in [0.717, 1.165) is 0 Å². The number of carbonyl (C=O) groups excluding carboxylic acids is 1. The Morgan fingerprint density at radius 2 is 1.81 bits per heavy atom. The van der Waals surface area contributed by atoms with Crippen molar-refractivity contribution in [3.05, 3.63) is 60.2 Å². The van der Waals surface area contributed by atoms with Gasteiger partial charge in [0.1, 0.15) is 23.7 Å². The van der Waals surface area contributed by atoms with Gasteiger partial charge in [0, 0.05) is 17.1 Å². The Morgan fingerprint density at radius 3 is 2.42 bits per heavy atom. The first-order chi connectivity index (χ1) is 15.0. The van der Waals surface area contributed by atoms with E-state index in [-0.39, 0.29) is 11.7 Å². The van der Waals surface area contributed by atoms with E-state index in [4.69, 9.17) is 4.74 Å². The highest BCUT2D eigenvalue weighted by atomic mass is 19.1. The summed E-state index contributed by atoms with van der Waals surface area (Å²) in [5.41, 5.74) is 2.37. The number of hydrogen-bond acceptors (Lipinski definition) is 5. The maximum Gasteiger partial charge on any atom is 0.248 e. The van der Waals surface area contributed by atoms with Crippen molar-refractivity contribution >= 4 is 34.0 Å². The third-order valence-electron chi connectivity index (χ3n) is 3.95. The van der Waals surface area contributed by atoms with E-state index in [1.54, 1.807) is 44.2 Å². The van der Waals surface area contributed by atoms with Crippen molar-refractivity contribution in [1.82, 2.24) is 9.97 Å². The first kappa shape index (κ1) is 25.6. The number of nitrogens with one attached hydrogen (secondary N) is 2. The van der Waals surface area contributed by atoms with Crippen LogP contribution in [-0.2, 0) is 4.79 Å². The monoisotopic (exact) mass is 426 g/mol. The SMILES string of the molecule is C/C=C/C(=O)Nc1cc2c(Nc3ccc(F)c(C)c3)ncnc2cc1OC.CC.CC. The van der Waals surface area contributed by atoms with Crippen LogP contribution in [0.1, 0.15) is 40.2 Å². The number of aryl methyl sites for hydroxylation is 1. The number of amides is 1. The maximum atomic E-state index is 13.5. The lowest BCUT2D eigenvalue weighted by Crippen LogP contribution is -2.09. The molecule has 0 spiro atoms. The molecule has 2 N–H and O–H groups in total.